The molecule has 0 bridgehead atoms. The summed E-state index contributed by atoms with van der Waals surface area (Å²) >= 11 is 0. The van der Waals surface area contributed by atoms with E-state index >= 15 is 0 Å². The lowest BCUT2D eigenvalue weighted by Gasteiger charge is -2.20. The van der Waals surface area contributed by atoms with Gasteiger partial charge < -0.3 is 15.2 Å². The van der Waals surface area contributed by atoms with Gasteiger partial charge in [0.05, 0.1) is 17.4 Å². The summed E-state index contributed by atoms with van der Waals surface area (Å²) in [4.78, 5) is 16.0. The minimum atomic E-state index is -0.227. The zero-order valence-electron chi connectivity index (χ0n) is 11.8. The number of benzene rings is 1. The van der Waals surface area contributed by atoms with Crippen LogP contribution in [0.15, 0.2) is 24.5 Å². The minimum absolute atomic E-state index is 0.159. The summed E-state index contributed by atoms with van der Waals surface area (Å²) in [5.74, 6) is 0. The third-order valence-corrected chi connectivity index (χ3v) is 2.73. The van der Waals surface area contributed by atoms with Crippen LogP contribution >= 0.6 is 0 Å². The van der Waals surface area contributed by atoms with Crippen molar-refractivity contribution in [3.8, 4) is 0 Å². The average Bonchev–Trinajstić information content (AvgIpc) is 2.66. The van der Waals surface area contributed by atoms with E-state index in [1.165, 1.54) is 0 Å². The number of aromatic nitrogens is 2. The summed E-state index contributed by atoms with van der Waals surface area (Å²) in [6.45, 7) is 6.35. The van der Waals surface area contributed by atoms with Crippen LogP contribution in [0.2, 0.25) is 0 Å². The van der Waals surface area contributed by atoms with Crippen LogP contribution in [0, 0.1) is 0 Å². The Morgan fingerprint density at radius 1 is 1.37 bits per heavy atom. The SMILES string of the molecule is Cn1cnc2cc(CNC(=O)NC(C)(C)C)ccc21. The van der Waals surface area contributed by atoms with Gasteiger partial charge in [-0.2, -0.15) is 0 Å². The van der Waals surface area contributed by atoms with Crippen LogP contribution < -0.4 is 10.6 Å². The summed E-state index contributed by atoms with van der Waals surface area (Å²) in [5, 5.41) is 5.70. The van der Waals surface area contributed by atoms with Gasteiger partial charge in [-0.3, -0.25) is 0 Å². The van der Waals surface area contributed by atoms with Crippen molar-refractivity contribution in [2.75, 3.05) is 0 Å². The molecule has 5 heteroatoms. The molecule has 2 amide bonds. The standard InChI is InChI=1S/C14H20N4O/c1-14(2,3)17-13(19)15-8-10-5-6-12-11(7-10)16-9-18(12)4/h5-7,9H,8H2,1-4H3,(H2,15,17,19). The van der Waals surface area contributed by atoms with Crippen LogP contribution in [0.1, 0.15) is 26.3 Å². The molecule has 102 valence electrons. The topological polar surface area (TPSA) is 59.0 Å². The molecule has 0 spiro atoms. The molecule has 2 N–H and O–H groups in total. The van der Waals surface area contributed by atoms with Crippen LogP contribution in [-0.4, -0.2) is 21.1 Å². The second kappa shape index (κ2) is 4.91. The molecule has 1 heterocycles. The molecule has 5 nitrogen and oxygen atoms in total. The van der Waals surface area contributed by atoms with E-state index in [1.54, 1.807) is 6.33 Å². The molecule has 2 rings (SSSR count). The number of aryl methyl sites for hydroxylation is 1. The van der Waals surface area contributed by atoms with Gasteiger partial charge >= 0.3 is 6.03 Å². The Bertz CT molecular complexity index is 595. The molecule has 0 aliphatic heterocycles. The summed E-state index contributed by atoms with van der Waals surface area (Å²) in [6, 6.07) is 5.85. The van der Waals surface area contributed by atoms with Crippen molar-refractivity contribution in [2.45, 2.75) is 32.9 Å². The number of amides is 2. The van der Waals surface area contributed by atoms with E-state index in [4.69, 9.17) is 0 Å². The molecule has 1 aromatic heterocycles. The van der Waals surface area contributed by atoms with Gasteiger partial charge in [0, 0.05) is 19.1 Å². The molecule has 0 atom stereocenters. The van der Waals surface area contributed by atoms with Gasteiger partial charge in [-0.25, -0.2) is 9.78 Å². The lowest BCUT2D eigenvalue weighted by molar-refractivity contribution is 0.231. The number of rotatable bonds is 2. The first-order valence-electron chi connectivity index (χ1n) is 6.31. The van der Waals surface area contributed by atoms with E-state index in [-0.39, 0.29) is 11.6 Å². The van der Waals surface area contributed by atoms with Gasteiger partial charge in [0.25, 0.3) is 0 Å². The highest BCUT2D eigenvalue weighted by molar-refractivity contribution is 5.77. The van der Waals surface area contributed by atoms with Crippen LogP contribution in [0.5, 0.6) is 0 Å². The summed E-state index contributed by atoms with van der Waals surface area (Å²) in [5.41, 5.74) is 2.84. The van der Waals surface area contributed by atoms with Crippen molar-refractivity contribution in [3.63, 3.8) is 0 Å². The first-order chi connectivity index (χ1) is 8.85. The number of nitrogens with one attached hydrogen (secondary N) is 2. The zero-order chi connectivity index (χ0) is 14.0. The van der Waals surface area contributed by atoms with Crippen molar-refractivity contribution in [1.29, 1.82) is 0 Å². The monoisotopic (exact) mass is 260 g/mol. The maximum Gasteiger partial charge on any atom is 0.315 e. The summed E-state index contributed by atoms with van der Waals surface area (Å²) < 4.78 is 1.97. The number of carbonyl (C=O) groups excluding carboxylic acids is 1. The van der Waals surface area contributed by atoms with Gasteiger partial charge in [-0.05, 0) is 38.5 Å². The number of imidazole rings is 1. The Morgan fingerprint density at radius 3 is 2.79 bits per heavy atom. The quantitative estimate of drug-likeness (QED) is 0.869. The number of nitrogens with zero attached hydrogens (tertiary/aromatic N) is 2. The van der Waals surface area contributed by atoms with E-state index in [9.17, 15) is 4.79 Å². The first kappa shape index (κ1) is 13.4. The van der Waals surface area contributed by atoms with Crippen molar-refractivity contribution in [3.05, 3.63) is 30.1 Å². The summed E-state index contributed by atoms with van der Waals surface area (Å²) in [6.07, 6.45) is 1.79. The Balaban J connectivity index is 2.00. The fraction of sp³-hybridized carbons (Fsp3) is 0.429. The Kier molecular flexibility index (Phi) is 3.46. The lowest BCUT2D eigenvalue weighted by atomic mass is 10.1. The molecular weight excluding hydrogens is 240 g/mol. The van der Waals surface area contributed by atoms with E-state index < -0.39 is 0 Å². The van der Waals surface area contributed by atoms with Gasteiger partial charge in [0.1, 0.15) is 0 Å². The molecule has 0 aliphatic rings. The van der Waals surface area contributed by atoms with Crippen LogP contribution in [0.25, 0.3) is 11.0 Å². The minimum Gasteiger partial charge on any atom is -0.334 e. The Hall–Kier alpha value is -2.04. The van der Waals surface area contributed by atoms with E-state index in [2.05, 4.69) is 15.6 Å². The Morgan fingerprint density at radius 2 is 2.11 bits per heavy atom. The number of fused-ring (bicyclic) bond motifs is 1. The fourth-order valence-corrected chi connectivity index (χ4v) is 1.86. The van der Waals surface area contributed by atoms with Crippen molar-refractivity contribution in [2.24, 2.45) is 7.05 Å². The zero-order valence-corrected chi connectivity index (χ0v) is 11.8. The highest BCUT2D eigenvalue weighted by atomic mass is 16.2. The largest absolute Gasteiger partial charge is 0.334 e. The Labute approximate surface area is 113 Å². The third kappa shape index (κ3) is 3.47. The van der Waals surface area contributed by atoms with Crippen molar-refractivity contribution in [1.82, 2.24) is 20.2 Å². The number of hydrogen-bond donors (Lipinski definition) is 2. The van der Waals surface area contributed by atoms with Gasteiger partial charge in [-0.1, -0.05) is 6.07 Å². The molecule has 0 aliphatic carbocycles. The molecular formula is C14H20N4O. The molecule has 0 saturated heterocycles. The molecule has 1 aromatic carbocycles. The van der Waals surface area contributed by atoms with E-state index in [0.717, 1.165) is 16.6 Å². The number of hydrogen-bond acceptors (Lipinski definition) is 2. The predicted octanol–water partition coefficient (Wildman–Crippen LogP) is 2.17. The third-order valence-electron chi connectivity index (χ3n) is 2.73. The predicted molar refractivity (Wildman–Crippen MR) is 75.8 cm³/mol. The number of carbonyl (C=O) groups is 1. The van der Waals surface area contributed by atoms with Crippen molar-refractivity contribution >= 4 is 17.1 Å². The maximum atomic E-state index is 11.7. The van der Waals surface area contributed by atoms with E-state index in [0.29, 0.717) is 6.54 Å². The first-order valence-corrected chi connectivity index (χ1v) is 6.31. The van der Waals surface area contributed by atoms with Crippen LogP contribution in [0.3, 0.4) is 0 Å². The summed E-state index contributed by atoms with van der Waals surface area (Å²) in [7, 11) is 1.96. The molecule has 19 heavy (non-hydrogen) atoms. The molecule has 2 aromatic rings. The fourth-order valence-electron chi connectivity index (χ4n) is 1.86. The maximum absolute atomic E-state index is 11.7. The smallest absolute Gasteiger partial charge is 0.315 e. The highest BCUT2D eigenvalue weighted by Gasteiger charge is 2.13. The molecule has 0 saturated carbocycles. The normalized spacial score (nSPS) is 11.6. The van der Waals surface area contributed by atoms with Crippen LogP contribution in [-0.2, 0) is 13.6 Å². The van der Waals surface area contributed by atoms with Gasteiger partial charge in [0.2, 0.25) is 0 Å². The molecule has 0 unspecified atom stereocenters. The second-order valence-corrected chi connectivity index (χ2v) is 5.74. The second-order valence-electron chi connectivity index (χ2n) is 5.74. The van der Waals surface area contributed by atoms with Crippen LogP contribution in [0.4, 0.5) is 4.79 Å². The molecule has 0 fully saturated rings. The average molecular weight is 260 g/mol. The van der Waals surface area contributed by atoms with Gasteiger partial charge in [-0.15, -0.1) is 0 Å². The van der Waals surface area contributed by atoms with Gasteiger partial charge in [0.15, 0.2) is 0 Å². The van der Waals surface area contributed by atoms with E-state index in [1.807, 2.05) is 50.6 Å². The number of urea groups is 1. The van der Waals surface area contributed by atoms with Crippen molar-refractivity contribution < 1.29 is 4.79 Å². The highest BCUT2D eigenvalue weighted by Crippen LogP contribution is 2.13. The molecule has 0 radical (unpaired) electrons. The lowest BCUT2D eigenvalue weighted by Crippen LogP contribution is -2.46.